The predicted molar refractivity (Wildman–Crippen MR) is 142 cm³/mol. The zero-order valence-electron chi connectivity index (χ0n) is 19.2. The number of nitrogens with zero attached hydrogens (tertiary/aromatic N) is 1. The van der Waals surface area contributed by atoms with E-state index in [4.69, 9.17) is 16.3 Å². The molecule has 1 N–H and O–H groups in total. The number of rotatable bonds is 6. The second-order valence-corrected chi connectivity index (χ2v) is 10.7. The Labute approximate surface area is 215 Å². The molecule has 1 amide bonds. The standard InChI is InChI=1S/C28H23ClN2O4S/c29-22-9-15-26(16-10-22)36(33,34)31-18-4-5-20-19-21(8-17-27(20)31)28(32)30-23-11-13-25(14-12-23)35-24-6-2-1-3-7-24/h1-3,6-17,19H,4-5,18H2,(H,30,32). The summed E-state index contributed by atoms with van der Waals surface area (Å²) < 4.78 is 33.7. The quantitative estimate of drug-likeness (QED) is 0.315. The summed E-state index contributed by atoms with van der Waals surface area (Å²) in [4.78, 5) is 13.1. The van der Waals surface area contributed by atoms with Gasteiger partial charge in [-0.1, -0.05) is 29.8 Å². The van der Waals surface area contributed by atoms with Crippen LogP contribution in [0.3, 0.4) is 0 Å². The van der Waals surface area contributed by atoms with Gasteiger partial charge in [0.2, 0.25) is 0 Å². The molecule has 6 nitrogen and oxygen atoms in total. The smallest absolute Gasteiger partial charge is 0.264 e. The van der Waals surface area contributed by atoms with E-state index < -0.39 is 10.0 Å². The van der Waals surface area contributed by atoms with Gasteiger partial charge >= 0.3 is 0 Å². The zero-order chi connectivity index (χ0) is 25.1. The molecular weight excluding hydrogens is 496 g/mol. The highest BCUT2D eigenvalue weighted by Crippen LogP contribution is 2.33. The number of halogens is 1. The van der Waals surface area contributed by atoms with Crippen molar-refractivity contribution in [2.45, 2.75) is 17.7 Å². The van der Waals surface area contributed by atoms with E-state index in [0.29, 0.717) is 47.1 Å². The molecule has 4 aromatic carbocycles. The number of para-hydroxylation sites is 1. The lowest BCUT2D eigenvalue weighted by Crippen LogP contribution is -2.35. The number of aryl methyl sites for hydroxylation is 1. The van der Waals surface area contributed by atoms with Crippen LogP contribution < -0.4 is 14.4 Å². The minimum atomic E-state index is -3.74. The van der Waals surface area contributed by atoms with Gasteiger partial charge in [-0.2, -0.15) is 0 Å². The van der Waals surface area contributed by atoms with Crippen LogP contribution in [0.25, 0.3) is 0 Å². The van der Waals surface area contributed by atoms with Crippen LogP contribution in [0.15, 0.2) is 102 Å². The van der Waals surface area contributed by atoms with Gasteiger partial charge in [0.1, 0.15) is 11.5 Å². The third-order valence-corrected chi connectivity index (χ3v) is 7.99. The number of hydrogen-bond donors (Lipinski definition) is 1. The number of benzene rings is 4. The van der Waals surface area contributed by atoms with Crippen molar-refractivity contribution in [2.24, 2.45) is 0 Å². The third-order valence-electron chi connectivity index (χ3n) is 5.91. The summed E-state index contributed by atoms with van der Waals surface area (Å²) in [7, 11) is -3.74. The highest BCUT2D eigenvalue weighted by atomic mass is 35.5. The number of carbonyl (C=O) groups excluding carboxylic acids is 1. The predicted octanol–water partition coefficient (Wildman–Crippen LogP) is 6.53. The summed E-state index contributed by atoms with van der Waals surface area (Å²) in [5.41, 5.74) is 2.50. The second-order valence-electron chi connectivity index (χ2n) is 8.37. The van der Waals surface area contributed by atoms with Crippen LogP contribution in [0, 0.1) is 0 Å². The molecule has 0 saturated carbocycles. The molecule has 0 bridgehead atoms. The Hall–Kier alpha value is -3.81. The molecule has 0 spiro atoms. The van der Waals surface area contributed by atoms with Crippen LogP contribution in [0.1, 0.15) is 22.3 Å². The van der Waals surface area contributed by atoms with Crippen molar-refractivity contribution < 1.29 is 17.9 Å². The van der Waals surface area contributed by atoms with Gasteiger partial charge < -0.3 is 10.1 Å². The van der Waals surface area contributed by atoms with E-state index in [1.807, 2.05) is 30.3 Å². The number of hydrogen-bond acceptors (Lipinski definition) is 4. The fourth-order valence-electron chi connectivity index (χ4n) is 4.12. The SMILES string of the molecule is O=C(Nc1ccc(Oc2ccccc2)cc1)c1ccc2c(c1)CCCN2S(=O)(=O)c1ccc(Cl)cc1. The highest BCUT2D eigenvalue weighted by molar-refractivity contribution is 7.92. The van der Waals surface area contributed by atoms with E-state index in [9.17, 15) is 13.2 Å². The van der Waals surface area contributed by atoms with Gasteiger partial charge in [-0.05, 0) is 97.3 Å². The Morgan fingerprint density at radius 2 is 1.56 bits per heavy atom. The normalized spacial score (nSPS) is 13.1. The van der Waals surface area contributed by atoms with Crippen molar-refractivity contribution in [2.75, 3.05) is 16.2 Å². The van der Waals surface area contributed by atoms with E-state index in [1.165, 1.54) is 16.4 Å². The van der Waals surface area contributed by atoms with Gasteiger partial charge in [0, 0.05) is 22.8 Å². The lowest BCUT2D eigenvalue weighted by molar-refractivity contribution is 0.102. The fourth-order valence-corrected chi connectivity index (χ4v) is 5.79. The number of anilines is 2. The molecule has 1 heterocycles. The number of carbonyl (C=O) groups is 1. The van der Waals surface area contributed by atoms with Crippen LogP contribution in [-0.2, 0) is 16.4 Å². The highest BCUT2D eigenvalue weighted by Gasteiger charge is 2.29. The van der Waals surface area contributed by atoms with Crippen molar-refractivity contribution in [3.8, 4) is 11.5 Å². The monoisotopic (exact) mass is 518 g/mol. The Balaban J connectivity index is 1.31. The van der Waals surface area contributed by atoms with Gasteiger partial charge in [-0.15, -0.1) is 0 Å². The Morgan fingerprint density at radius 1 is 0.861 bits per heavy atom. The Morgan fingerprint density at radius 3 is 2.28 bits per heavy atom. The minimum absolute atomic E-state index is 0.182. The largest absolute Gasteiger partial charge is 0.457 e. The molecule has 0 unspecified atom stereocenters. The van der Waals surface area contributed by atoms with E-state index >= 15 is 0 Å². The fraction of sp³-hybridized carbons (Fsp3) is 0.107. The third kappa shape index (κ3) is 5.08. The van der Waals surface area contributed by atoms with Crippen LogP contribution in [-0.4, -0.2) is 20.9 Å². The maximum absolute atomic E-state index is 13.3. The first-order valence-corrected chi connectivity index (χ1v) is 13.3. The summed E-state index contributed by atoms with van der Waals surface area (Å²) in [5, 5.41) is 3.36. The van der Waals surface area contributed by atoms with Gasteiger partial charge in [-0.25, -0.2) is 8.42 Å². The van der Waals surface area contributed by atoms with Gasteiger partial charge in [0.05, 0.1) is 10.6 Å². The number of amides is 1. The zero-order valence-corrected chi connectivity index (χ0v) is 20.8. The van der Waals surface area contributed by atoms with Crippen LogP contribution in [0.2, 0.25) is 5.02 Å². The number of sulfonamides is 1. The maximum Gasteiger partial charge on any atom is 0.264 e. The molecule has 4 aromatic rings. The molecule has 8 heteroatoms. The molecule has 0 aromatic heterocycles. The number of nitrogens with one attached hydrogen (secondary N) is 1. The molecular formula is C28H23ClN2O4S. The minimum Gasteiger partial charge on any atom is -0.457 e. The van der Waals surface area contributed by atoms with E-state index in [-0.39, 0.29) is 10.8 Å². The first-order chi connectivity index (χ1) is 17.4. The number of ether oxygens (including phenoxy) is 1. The van der Waals surface area contributed by atoms with Crippen molar-refractivity contribution in [1.82, 2.24) is 0 Å². The van der Waals surface area contributed by atoms with Crippen molar-refractivity contribution in [3.63, 3.8) is 0 Å². The first kappa shape index (κ1) is 23.9. The molecule has 0 atom stereocenters. The van der Waals surface area contributed by atoms with Crippen LogP contribution >= 0.6 is 11.6 Å². The van der Waals surface area contributed by atoms with E-state index in [0.717, 1.165) is 11.3 Å². The first-order valence-electron chi connectivity index (χ1n) is 11.5. The van der Waals surface area contributed by atoms with Crippen LogP contribution in [0.4, 0.5) is 11.4 Å². The van der Waals surface area contributed by atoms with Crippen LogP contribution in [0.5, 0.6) is 11.5 Å². The molecule has 5 rings (SSSR count). The molecule has 0 aliphatic carbocycles. The number of fused-ring (bicyclic) bond motifs is 1. The maximum atomic E-state index is 13.3. The summed E-state index contributed by atoms with van der Waals surface area (Å²) in [6.07, 6.45) is 1.35. The molecule has 0 fully saturated rings. The lowest BCUT2D eigenvalue weighted by Gasteiger charge is -2.30. The Kier molecular flexibility index (Phi) is 6.67. The van der Waals surface area contributed by atoms with E-state index in [1.54, 1.807) is 54.6 Å². The topological polar surface area (TPSA) is 75.7 Å². The van der Waals surface area contributed by atoms with Gasteiger partial charge in [0.25, 0.3) is 15.9 Å². The average molecular weight is 519 g/mol. The summed E-state index contributed by atoms with van der Waals surface area (Å²) in [5.74, 6) is 1.12. The second kappa shape index (κ2) is 10.0. The average Bonchev–Trinajstić information content (AvgIpc) is 2.90. The van der Waals surface area contributed by atoms with E-state index in [2.05, 4.69) is 5.32 Å². The summed E-state index contributed by atoms with van der Waals surface area (Å²) in [6, 6.07) is 27.8. The Bertz CT molecular complexity index is 1490. The van der Waals surface area contributed by atoms with Gasteiger partial charge in [0.15, 0.2) is 0 Å². The summed E-state index contributed by atoms with van der Waals surface area (Å²) >= 11 is 5.92. The van der Waals surface area contributed by atoms with Crippen molar-refractivity contribution in [1.29, 1.82) is 0 Å². The molecule has 182 valence electrons. The molecule has 1 aliphatic rings. The molecule has 36 heavy (non-hydrogen) atoms. The van der Waals surface area contributed by atoms with Gasteiger partial charge in [-0.3, -0.25) is 9.10 Å². The lowest BCUT2D eigenvalue weighted by atomic mass is 10.0. The molecule has 0 radical (unpaired) electrons. The van der Waals surface area contributed by atoms with Crippen molar-refractivity contribution >= 4 is 38.9 Å². The molecule has 0 saturated heterocycles. The van der Waals surface area contributed by atoms with Crippen molar-refractivity contribution in [3.05, 3.63) is 113 Å². The molecule has 1 aliphatic heterocycles. The summed E-state index contributed by atoms with van der Waals surface area (Å²) in [6.45, 7) is 0.376.